The van der Waals surface area contributed by atoms with E-state index in [1.165, 1.54) is 10.5 Å². The van der Waals surface area contributed by atoms with Gasteiger partial charge in [-0.05, 0) is 30.9 Å². The molecule has 2 heterocycles. The van der Waals surface area contributed by atoms with Crippen LogP contribution in [-0.4, -0.2) is 30.3 Å². The van der Waals surface area contributed by atoms with Gasteiger partial charge in [0.2, 0.25) is 10.0 Å². The summed E-state index contributed by atoms with van der Waals surface area (Å²) in [5.41, 5.74) is 1.10. The fourth-order valence-corrected chi connectivity index (χ4v) is 4.55. The number of rotatable bonds is 4. The third-order valence-corrected chi connectivity index (χ3v) is 5.84. The van der Waals surface area contributed by atoms with Crippen molar-refractivity contribution in [1.82, 2.24) is 9.29 Å². The predicted octanol–water partition coefficient (Wildman–Crippen LogP) is 2.62. The molecule has 1 aliphatic rings. The molecule has 0 aliphatic carbocycles. The largest absolute Gasteiger partial charge is 0.260 e. The molecule has 0 bridgehead atoms. The van der Waals surface area contributed by atoms with Gasteiger partial charge in [-0.2, -0.15) is 4.31 Å². The maximum absolute atomic E-state index is 13.3. The molecule has 1 aliphatic heterocycles. The lowest BCUT2D eigenvalue weighted by Gasteiger charge is -2.24. The summed E-state index contributed by atoms with van der Waals surface area (Å²) in [6.45, 7) is 0.469. The molecule has 1 unspecified atom stereocenters. The van der Waals surface area contributed by atoms with Gasteiger partial charge in [0.05, 0.1) is 6.20 Å². The zero-order valence-corrected chi connectivity index (χ0v) is 12.8. The molecule has 6 heteroatoms. The van der Waals surface area contributed by atoms with E-state index in [2.05, 4.69) is 4.98 Å². The average molecular weight is 320 g/mol. The predicted molar refractivity (Wildman–Crippen MR) is 81.3 cm³/mol. The average Bonchev–Trinajstić information content (AvgIpc) is 2.97. The first-order valence-corrected chi connectivity index (χ1v) is 8.68. The van der Waals surface area contributed by atoms with Gasteiger partial charge in [-0.15, -0.1) is 0 Å². The van der Waals surface area contributed by atoms with Crippen LogP contribution >= 0.6 is 0 Å². The first-order valence-electron chi connectivity index (χ1n) is 7.24. The van der Waals surface area contributed by atoms with Crippen molar-refractivity contribution in [3.63, 3.8) is 0 Å². The van der Waals surface area contributed by atoms with Gasteiger partial charge in [-0.3, -0.25) is 4.98 Å². The fourth-order valence-electron chi connectivity index (χ4n) is 2.88. The van der Waals surface area contributed by atoms with Crippen LogP contribution in [0.1, 0.15) is 18.4 Å². The lowest BCUT2D eigenvalue weighted by molar-refractivity contribution is 0.385. The summed E-state index contributed by atoms with van der Waals surface area (Å²) in [5, 5.41) is 0. The normalized spacial score (nSPS) is 19.4. The summed E-state index contributed by atoms with van der Waals surface area (Å²) in [6.07, 6.45) is 4.51. The Morgan fingerprint density at radius 3 is 2.73 bits per heavy atom. The standard InChI is InChI=1S/C16H17FN2O2S/c17-14-10-16(12-18-11-14)22(20,21)19-8-4-7-15(19)9-13-5-2-1-3-6-13/h1-3,5-6,10-12,15H,4,7-9H2. The van der Waals surface area contributed by atoms with Gasteiger partial charge < -0.3 is 0 Å². The Labute approximate surface area is 129 Å². The van der Waals surface area contributed by atoms with E-state index in [0.29, 0.717) is 13.0 Å². The third kappa shape index (κ3) is 3.03. The maximum Gasteiger partial charge on any atom is 0.244 e. The van der Waals surface area contributed by atoms with Crippen molar-refractivity contribution in [2.24, 2.45) is 0 Å². The van der Waals surface area contributed by atoms with Crippen LogP contribution in [0.3, 0.4) is 0 Å². The summed E-state index contributed by atoms with van der Waals surface area (Å²) in [5.74, 6) is -0.639. The van der Waals surface area contributed by atoms with E-state index in [4.69, 9.17) is 0 Å². The number of halogens is 1. The molecule has 1 aromatic carbocycles. The molecule has 4 nitrogen and oxygen atoms in total. The molecule has 0 amide bonds. The van der Waals surface area contributed by atoms with Crippen molar-refractivity contribution in [2.45, 2.75) is 30.2 Å². The SMILES string of the molecule is O=S(=O)(c1cncc(F)c1)N1CCCC1Cc1ccccc1. The number of nitrogens with zero attached hydrogens (tertiary/aromatic N) is 2. The summed E-state index contributed by atoms with van der Waals surface area (Å²) in [4.78, 5) is 3.57. The fraction of sp³-hybridized carbons (Fsp3) is 0.312. The molecule has 1 atom stereocenters. The minimum Gasteiger partial charge on any atom is -0.260 e. The van der Waals surface area contributed by atoms with Crippen LogP contribution in [0.2, 0.25) is 0 Å². The minimum atomic E-state index is -3.70. The van der Waals surface area contributed by atoms with E-state index in [1.54, 1.807) is 0 Å². The smallest absolute Gasteiger partial charge is 0.244 e. The second-order valence-corrected chi connectivity index (χ2v) is 7.33. The number of sulfonamides is 1. The highest BCUT2D eigenvalue weighted by molar-refractivity contribution is 7.89. The Kier molecular flexibility index (Phi) is 4.22. The highest BCUT2D eigenvalue weighted by Crippen LogP contribution is 2.28. The first-order chi connectivity index (χ1) is 10.6. The number of aromatic nitrogens is 1. The third-order valence-electron chi connectivity index (χ3n) is 3.92. The van der Waals surface area contributed by atoms with Gasteiger partial charge in [0, 0.05) is 18.8 Å². The summed E-state index contributed by atoms with van der Waals surface area (Å²) in [6, 6.07) is 10.8. The topological polar surface area (TPSA) is 50.3 Å². The number of hydrogen-bond acceptors (Lipinski definition) is 3. The highest BCUT2D eigenvalue weighted by Gasteiger charge is 2.35. The monoisotopic (exact) mass is 320 g/mol. The molecule has 1 fully saturated rings. The van der Waals surface area contributed by atoms with Crippen LogP contribution in [0, 0.1) is 5.82 Å². The molecule has 3 rings (SSSR count). The van der Waals surface area contributed by atoms with Crippen molar-refractivity contribution in [3.8, 4) is 0 Å². The molecule has 0 saturated carbocycles. The highest BCUT2D eigenvalue weighted by atomic mass is 32.2. The summed E-state index contributed by atoms with van der Waals surface area (Å²) < 4.78 is 40.2. The van der Waals surface area contributed by atoms with Gasteiger partial charge in [0.25, 0.3) is 0 Å². The Morgan fingerprint density at radius 2 is 2.00 bits per heavy atom. The lowest BCUT2D eigenvalue weighted by Crippen LogP contribution is -2.36. The van der Waals surface area contributed by atoms with Gasteiger partial charge in [0.1, 0.15) is 10.7 Å². The van der Waals surface area contributed by atoms with Crippen molar-refractivity contribution in [3.05, 3.63) is 60.2 Å². The van der Waals surface area contributed by atoms with Crippen LogP contribution in [-0.2, 0) is 16.4 Å². The molecule has 0 spiro atoms. The molecule has 2 aromatic rings. The quantitative estimate of drug-likeness (QED) is 0.870. The zero-order chi connectivity index (χ0) is 15.6. The van der Waals surface area contributed by atoms with E-state index in [0.717, 1.165) is 30.7 Å². The number of benzene rings is 1. The van der Waals surface area contributed by atoms with E-state index in [9.17, 15) is 12.8 Å². The van der Waals surface area contributed by atoms with Crippen molar-refractivity contribution < 1.29 is 12.8 Å². The molecular weight excluding hydrogens is 303 g/mol. The van der Waals surface area contributed by atoms with Crippen LogP contribution < -0.4 is 0 Å². The molecule has 1 aromatic heterocycles. The maximum atomic E-state index is 13.3. The number of hydrogen-bond donors (Lipinski definition) is 0. The zero-order valence-electron chi connectivity index (χ0n) is 12.0. The van der Waals surface area contributed by atoms with Crippen LogP contribution in [0.4, 0.5) is 4.39 Å². The molecule has 1 saturated heterocycles. The van der Waals surface area contributed by atoms with Crippen molar-refractivity contribution in [2.75, 3.05) is 6.54 Å². The molecular formula is C16H17FN2O2S. The van der Waals surface area contributed by atoms with Crippen LogP contribution in [0.15, 0.2) is 53.7 Å². The molecule has 116 valence electrons. The minimum absolute atomic E-state index is 0.0764. The molecule has 0 radical (unpaired) electrons. The van der Waals surface area contributed by atoms with Gasteiger partial charge in [0.15, 0.2) is 0 Å². The summed E-state index contributed by atoms with van der Waals surface area (Å²) in [7, 11) is -3.70. The molecule has 22 heavy (non-hydrogen) atoms. The second-order valence-electron chi connectivity index (χ2n) is 5.44. The summed E-state index contributed by atoms with van der Waals surface area (Å²) >= 11 is 0. The van der Waals surface area contributed by atoms with Gasteiger partial charge in [-0.1, -0.05) is 30.3 Å². The Bertz CT molecular complexity index is 750. The lowest BCUT2D eigenvalue weighted by atomic mass is 10.1. The van der Waals surface area contributed by atoms with Crippen LogP contribution in [0.5, 0.6) is 0 Å². The first kappa shape index (κ1) is 15.1. The van der Waals surface area contributed by atoms with E-state index in [-0.39, 0.29) is 10.9 Å². The van der Waals surface area contributed by atoms with E-state index >= 15 is 0 Å². The van der Waals surface area contributed by atoms with Crippen molar-refractivity contribution >= 4 is 10.0 Å². The van der Waals surface area contributed by atoms with Gasteiger partial charge in [-0.25, -0.2) is 12.8 Å². The Balaban J connectivity index is 1.86. The number of pyridine rings is 1. The van der Waals surface area contributed by atoms with E-state index < -0.39 is 15.8 Å². The Hall–Kier alpha value is -1.79. The Morgan fingerprint density at radius 1 is 1.23 bits per heavy atom. The van der Waals surface area contributed by atoms with Crippen molar-refractivity contribution in [1.29, 1.82) is 0 Å². The second kappa shape index (κ2) is 6.14. The van der Waals surface area contributed by atoms with Crippen LogP contribution in [0.25, 0.3) is 0 Å². The van der Waals surface area contributed by atoms with Gasteiger partial charge >= 0.3 is 0 Å². The van der Waals surface area contributed by atoms with E-state index in [1.807, 2.05) is 30.3 Å². The molecule has 0 N–H and O–H groups in total.